The molecule has 21 heavy (non-hydrogen) atoms. The first-order valence-corrected chi connectivity index (χ1v) is 7.96. The van der Waals surface area contributed by atoms with Crippen molar-refractivity contribution >= 4 is 17.3 Å². The Morgan fingerprint density at radius 3 is 2.81 bits per heavy atom. The van der Waals surface area contributed by atoms with E-state index < -0.39 is 0 Å². The highest BCUT2D eigenvalue weighted by Gasteiger charge is 2.03. The van der Waals surface area contributed by atoms with Crippen LogP contribution in [-0.4, -0.2) is 27.3 Å². The van der Waals surface area contributed by atoms with E-state index >= 15 is 0 Å². The first-order valence-electron chi connectivity index (χ1n) is 7.14. The zero-order chi connectivity index (χ0) is 15.1. The monoisotopic (exact) mass is 306 g/mol. The molecule has 0 aromatic carbocycles. The van der Waals surface area contributed by atoms with Crippen molar-refractivity contribution in [1.29, 1.82) is 0 Å². The summed E-state index contributed by atoms with van der Waals surface area (Å²) in [4.78, 5) is 10.3. The van der Waals surface area contributed by atoms with Crippen molar-refractivity contribution in [2.45, 2.75) is 33.4 Å². The van der Waals surface area contributed by atoms with E-state index in [0.29, 0.717) is 13.1 Å². The second kappa shape index (κ2) is 7.78. The van der Waals surface area contributed by atoms with Crippen LogP contribution >= 0.6 is 11.3 Å². The molecular weight excluding hydrogens is 284 g/mol. The largest absolute Gasteiger partial charge is 0.357 e. The maximum atomic E-state index is 4.56. The van der Waals surface area contributed by atoms with E-state index in [-0.39, 0.29) is 0 Å². The summed E-state index contributed by atoms with van der Waals surface area (Å²) in [7, 11) is 1.91. The first kappa shape index (κ1) is 15.5. The number of aryl methyl sites for hydroxylation is 2. The van der Waals surface area contributed by atoms with Crippen molar-refractivity contribution in [1.82, 2.24) is 25.4 Å². The molecule has 0 atom stereocenters. The molecule has 0 fully saturated rings. The van der Waals surface area contributed by atoms with Gasteiger partial charge in [0.1, 0.15) is 5.01 Å². The van der Waals surface area contributed by atoms with Crippen LogP contribution < -0.4 is 10.6 Å². The fraction of sp³-hybridized carbons (Fsp3) is 0.500. The molecule has 114 valence electrons. The number of guanidine groups is 1. The Kier molecular flexibility index (Phi) is 5.74. The van der Waals surface area contributed by atoms with Gasteiger partial charge in [0.05, 0.1) is 19.3 Å². The zero-order valence-electron chi connectivity index (χ0n) is 12.8. The lowest BCUT2D eigenvalue weighted by Crippen LogP contribution is -2.36. The molecule has 0 bridgehead atoms. The highest BCUT2D eigenvalue weighted by Crippen LogP contribution is 2.12. The fourth-order valence-electron chi connectivity index (χ4n) is 1.82. The molecule has 0 aliphatic heterocycles. The maximum Gasteiger partial charge on any atom is 0.191 e. The van der Waals surface area contributed by atoms with Gasteiger partial charge in [0, 0.05) is 36.4 Å². The molecule has 0 saturated heterocycles. The summed E-state index contributed by atoms with van der Waals surface area (Å²) in [6.45, 7) is 6.34. The van der Waals surface area contributed by atoms with Crippen molar-refractivity contribution < 1.29 is 0 Å². The van der Waals surface area contributed by atoms with E-state index in [0.717, 1.165) is 29.5 Å². The number of aromatic nitrogens is 3. The average molecular weight is 306 g/mol. The van der Waals surface area contributed by atoms with Gasteiger partial charge >= 0.3 is 0 Å². The lowest BCUT2D eigenvalue weighted by atomic mass is 10.4. The van der Waals surface area contributed by atoms with Crippen molar-refractivity contribution in [3.05, 3.63) is 34.0 Å². The zero-order valence-corrected chi connectivity index (χ0v) is 13.6. The standard InChI is InChI=1S/C14H22N6S/c1-4-12-8-16-13(21-12)9-18-14(15-5-2)17-6-11-7-19-20(3)10-11/h7-8,10H,4-6,9H2,1-3H3,(H2,15,17,18). The highest BCUT2D eigenvalue weighted by atomic mass is 32.1. The summed E-state index contributed by atoms with van der Waals surface area (Å²) in [5.74, 6) is 0.801. The summed E-state index contributed by atoms with van der Waals surface area (Å²) in [6.07, 6.45) is 6.79. The van der Waals surface area contributed by atoms with Gasteiger partial charge in [-0.05, 0) is 13.3 Å². The van der Waals surface area contributed by atoms with E-state index in [2.05, 4.69) is 39.6 Å². The molecule has 2 rings (SSSR count). The highest BCUT2D eigenvalue weighted by molar-refractivity contribution is 7.11. The van der Waals surface area contributed by atoms with Crippen LogP contribution in [0.15, 0.2) is 23.6 Å². The number of aliphatic imine (C=N–C) groups is 1. The summed E-state index contributed by atoms with van der Waals surface area (Å²) >= 11 is 1.74. The molecule has 6 nitrogen and oxygen atoms in total. The number of thiazole rings is 1. The number of hydrogen-bond donors (Lipinski definition) is 2. The Bertz CT molecular complexity index is 586. The average Bonchev–Trinajstić information content (AvgIpc) is 3.10. The Balaban J connectivity index is 1.91. The van der Waals surface area contributed by atoms with E-state index in [1.807, 2.05) is 25.6 Å². The smallest absolute Gasteiger partial charge is 0.191 e. The Labute approximate surface area is 129 Å². The third-order valence-corrected chi connectivity index (χ3v) is 4.02. The van der Waals surface area contributed by atoms with Crippen LogP contribution in [0.4, 0.5) is 0 Å². The minimum absolute atomic E-state index is 0.612. The van der Waals surface area contributed by atoms with E-state index in [1.54, 1.807) is 16.0 Å². The minimum Gasteiger partial charge on any atom is -0.357 e. The van der Waals surface area contributed by atoms with Gasteiger partial charge in [-0.3, -0.25) is 4.68 Å². The van der Waals surface area contributed by atoms with E-state index in [1.165, 1.54) is 4.88 Å². The number of nitrogens with zero attached hydrogens (tertiary/aromatic N) is 4. The molecule has 0 saturated carbocycles. The third kappa shape index (κ3) is 4.86. The molecule has 2 aromatic rings. The van der Waals surface area contributed by atoms with Crippen LogP contribution in [0.2, 0.25) is 0 Å². The molecule has 0 spiro atoms. The van der Waals surface area contributed by atoms with Gasteiger partial charge in [-0.15, -0.1) is 11.3 Å². The van der Waals surface area contributed by atoms with E-state index in [9.17, 15) is 0 Å². The van der Waals surface area contributed by atoms with Gasteiger partial charge in [0.15, 0.2) is 5.96 Å². The van der Waals surface area contributed by atoms with Crippen molar-refractivity contribution in [2.24, 2.45) is 12.0 Å². The summed E-state index contributed by atoms with van der Waals surface area (Å²) in [6, 6.07) is 0. The predicted octanol–water partition coefficient (Wildman–Crippen LogP) is 1.69. The number of rotatable bonds is 6. The quantitative estimate of drug-likeness (QED) is 0.629. The van der Waals surface area contributed by atoms with Crippen LogP contribution in [0.1, 0.15) is 29.3 Å². The van der Waals surface area contributed by atoms with Crippen LogP contribution in [0, 0.1) is 0 Å². The van der Waals surface area contributed by atoms with Crippen LogP contribution in [0.5, 0.6) is 0 Å². The first-order chi connectivity index (χ1) is 10.2. The topological polar surface area (TPSA) is 67.1 Å². The second-order valence-electron chi connectivity index (χ2n) is 4.64. The van der Waals surface area contributed by atoms with Crippen molar-refractivity contribution in [2.75, 3.05) is 6.54 Å². The van der Waals surface area contributed by atoms with Gasteiger partial charge in [-0.25, -0.2) is 9.98 Å². The molecule has 0 aliphatic carbocycles. The SMILES string of the molecule is CCNC(=NCc1cnn(C)c1)NCc1ncc(CC)s1. The second-order valence-corrected chi connectivity index (χ2v) is 5.84. The van der Waals surface area contributed by atoms with Crippen LogP contribution in [0.3, 0.4) is 0 Å². The number of nitrogens with one attached hydrogen (secondary N) is 2. The molecule has 0 amide bonds. The molecule has 2 N–H and O–H groups in total. The normalized spacial score (nSPS) is 11.7. The van der Waals surface area contributed by atoms with E-state index in [4.69, 9.17) is 0 Å². The van der Waals surface area contributed by atoms with Gasteiger partial charge in [0.2, 0.25) is 0 Å². The van der Waals surface area contributed by atoms with Gasteiger partial charge in [0.25, 0.3) is 0 Å². The molecule has 0 aliphatic rings. The lowest BCUT2D eigenvalue weighted by Gasteiger charge is -2.09. The van der Waals surface area contributed by atoms with Crippen LogP contribution in [0.25, 0.3) is 0 Å². The summed E-state index contributed by atoms with van der Waals surface area (Å²) in [5.41, 5.74) is 1.09. The minimum atomic E-state index is 0.612. The molecular formula is C14H22N6S. The molecule has 7 heteroatoms. The Hall–Kier alpha value is -1.89. The van der Waals surface area contributed by atoms with Crippen molar-refractivity contribution in [3.8, 4) is 0 Å². The summed E-state index contributed by atoms with van der Waals surface area (Å²) < 4.78 is 1.78. The molecule has 0 radical (unpaired) electrons. The Morgan fingerprint density at radius 2 is 2.19 bits per heavy atom. The van der Waals surface area contributed by atoms with Gasteiger partial charge < -0.3 is 10.6 Å². The predicted molar refractivity (Wildman–Crippen MR) is 86.4 cm³/mol. The third-order valence-electron chi connectivity index (χ3n) is 2.88. The van der Waals surface area contributed by atoms with Gasteiger partial charge in [-0.1, -0.05) is 6.92 Å². The maximum absolute atomic E-state index is 4.56. The molecule has 2 aromatic heterocycles. The Morgan fingerprint density at radius 1 is 1.33 bits per heavy atom. The molecule has 2 heterocycles. The van der Waals surface area contributed by atoms with Crippen LogP contribution in [-0.2, 0) is 26.6 Å². The summed E-state index contributed by atoms with van der Waals surface area (Å²) in [5, 5.41) is 11.8. The van der Waals surface area contributed by atoms with Crippen molar-refractivity contribution in [3.63, 3.8) is 0 Å². The lowest BCUT2D eigenvalue weighted by molar-refractivity contribution is 0.766. The van der Waals surface area contributed by atoms with Gasteiger partial charge in [-0.2, -0.15) is 5.10 Å². The molecule has 0 unspecified atom stereocenters. The fourth-order valence-corrected chi connectivity index (χ4v) is 2.62. The number of hydrogen-bond acceptors (Lipinski definition) is 4.